The molecular formula is C16H16F7NOS. The van der Waals surface area contributed by atoms with Crippen LogP contribution in [0, 0.1) is 0 Å². The monoisotopic (exact) mass is 403 g/mol. The van der Waals surface area contributed by atoms with Crippen LogP contribution in [0.25, 0.3) is 6.08 Å². The van der Waals surface area contributed by atoms with Crippen LogP contribution < -0.4 is 0 Å². The third kappa shape index (κ3) is 4.93. The Bertz CT molecular complexity index is 704. The van der Waals surface area contributed by atoms with Crippen molar-refractivity contribution in [2.75, 3.05) is 0 Å². The maximum absolute atomic E-state index is 14.0. The van der Waals surface area contributed by atoms with Gasteiger partial charge in [-0.15, -0.1) is 0 Å². The largest absolute Gasteiger partial charge is 0.460 e. The minimum absolute atomic E-state index is 0.257. The molecule has 0 aromatic heterocycles. The van der Waals surface area contributed by atoms with Gasteiger partial charge < -0.3 is 0 Å². The first kappa shape index (κ1) is 22.3. The number of rotatable bonds is 5. The number of allylic oxidation sites excluding steroid dienone is 1. The minimum Gasteiger partial charge on any atom is -0.234 e. The minimum atomic E-state index is -6.51. The Morgan fingerprint density at radius 3 is 1.88 bits per heavy atom. The Morgan fingerprint density at radius 2 is 1.46 bits per heavy atom. The number of halogens is 7. The Kier molecular flexibility index (Phi) is 6.44. The summed E-state index contributed by atoms with van der Waals surface area (Å²) in [4.78, 5) is 0. The number of nitrogens with zero attached hydrogens (tertiary/aromatic N) is 1. The van der Waals surface area contributed by atoms with E-state index in [1.807, 2.05) is 0 Å². The van der Waals surface area contributed by atoms with E-state index in [9.17, 15) is 34.9 Å². The maximum atomic E-state index is 14.0. The second-order valence-corrected chi connectivity index (χ2v) is 8.13. The Hall–Kier alpha value is -1.71. The van der Waals surface area contributed by atoms with Gasteiger partial charge >= 0.3 is 18.0 Å². The molecule has 0 aliphatic carbocycles. The maximum Gasteiger partial charge on any atom is 0.460 e. The topological polar surface area (TPSA) is 29.4 Å². The van der Waals surface area contributed by atoms with Gasteiger partial charge in [0, 0.05) is 0 Å². The smallest absolute Gasteiger partial charge is 0.234 e. The molecule has 146 valence electrons. The van der Waals surface area contributed by atoms with E-state index in [4.69, 9.17) is 0 Å². The molecule has 0 spiro atoms. The van der Waals surface area contributed by atoms with E-state index in [2.05, 4.69) is 4.40 Å². The lowest BCUT2D eigenvalue weighted by atomic mass is 10.0. The zero-order valence-corrected chi connectivity index (χ0v) is 14.8. The van der Waals surface area contributed by atoms with E-state index in [-0.39, 0.29) is 5.56 Å². The normalized spacial score (nSPS) is 16.2. The lowest BCUT2D eigenvalue weighted by Gasteiger charge is -2.28. The molecule has 0 saturated carbocycles. The molecule has 1 rings (SSSR count). The number of hydrogen-bond donors (Lipinski definition) is 0. The first-order valence-electron chi connectivity index (χ1n) is 7.17. The Morgan fingerprint density at radius 1 is 0.962 bits per heavy atom. The van der Waals surface area contributed by atoms with E-state index in [1.54, 1.807) is 6.07 Å². The van der Waals surface area contributed by atoms with E-state index in [1.165, 1.54) is 45.0 Å². The van der Waals surface area contributed by atoms with Crippen molar-refractivity contribution in [3.8, 4) is 0 Å². The first-order valence-corrected chi connectivity index (χ1v) is 8.28. The summed E-state index contributed by atoms with van der Waals surface area (Å²) in [6, 6.07) is 7.43. The average Bonchev–Trinajstić information content (AvgIpc) is 2.49. The zero-order valence-electron chi connectivity index (χ0n) is 14.0. The van der Waals surface area contributed by atoms with E-state index >= 15 is 0 Å². The van der Waals surface area contributed by atoms with Gasteiger partial charge in [-0.05, 0) is 32.4 Å². The van der Waals surface area contributed by atoms with Crippen molar-refractivity contribution >= 4 is 22.8 Å². The number of hydrogen-bond acceptors (Lipinski definition) is 1. The second-order valence-electron chi connectivity index (χ2n) is 6.23. The van der Waals surface area contributed by atoms with Crippen LogP contribution in [-0.4, -0.2) is 32.7 Å². The highest BCUT2D eigenvalue weighted by molar-refractivity contribution is 7.85. The van der Waals surface area contributed by atoms with Crippen molar-refractivity contribution in [1.29, 1.82) is 0 Å². The van der Waals surface area contributed by atoms with Crippen LogP contribution in [0.2, 0.25) is 0 Å². The van der Waals surface area contributed by atoms with Gasteiger partial charge in [-0.25, -0.2) is 4.21 Å². The van der Waals surface area contributed by atoms with Crippen LogP contribution in [0.15, 0.2) is 40.8 Å². The highest BCUT2D eigenvalue weighted by atomic mass is 32.2. The van der Waals surface area contributed by atoms with Gasteiger partial charge in [0.2, 0.25) is 0 Å². The van der Waals surface area contributed by atoms with Gasteiger partial charge in [0.1, 0.15) is 16.7 Å². The quantitative estimate of drug-likeness (QED) is 0.476. The summed E-state index contributed by atoms with van der Waals surface area (Å²) in [5, 5.41) is 0. The fourth-order valence-corrected chi connectivity index (χ4v) is 2.12. The van der Waals surface area contributed by atoms with Crippen LogP contribution in [0.5, 0.6) is 0 Å². The van der Waals surface area contributed by atoms with Crippen LogP contribution in [0.1, 0.15) is 26.3 Å². The number of alkyl halides is 7. The van der Waals surface area contributed by atoms with Gasteiger partial charge in [-0.1, -0.05) is 36.4 Å². The molecule has 0 fully saturated rings. The molecule has 0 heterocycles. The van der Waals surface area contributed by atoms with Gasteiger partial charge in [-0.3, -0.25) is 0 Å². The molecule has 0 saturated heterocycles. The standard InChI is InChI=1S/C16H16F7NOS/c1-13(2,3)26(25)24-12(10-9-11-7-5-4-6-8-11)14(17,18)15(19,20)16(21,22)23/h4-10H,1-3H3/b10-9+,24-12+. The van der Waals surface area contributed by atoms with E-state index in [0.717, 1.165) is 6.08 Å². The highest BCUT2D eigenvalue weighted by Gasteiger charge is 2.74. The van der Waals surface area contributed by atoms with E-state index < -0.39 is 39.5 Å². The van der Waals surface area contributed by atoms with Gasteiger partial charge in [0.05, 0.1) is 4.75 Å². The molecule has 0 N–H and O–H groups in total. The molecule has 0 aliphatic heterocycles. The molecule has 0 bridgehead atoms. The summed E-state index contributed by atoms with van der Waals surface area (Å²) in [7, 11) is -2.48. The van der Waals surface area contributed by atoms with Crippen molar-refractivity contribution in [2.24, 2.45) is 4.40 Å². The summed E-state index contributed by atoms with van der Waals surface area (Å²) in [5.74, 6) is -12.1. The molecule has 26 heavy (non-hydrogen) atoms. The van der Waals surface area contributed by atoms with Gasteiger partial charge in [-0.2, -0.15) is 35.1 Å². The predicted molar refractivity (Wildman–Crippen MR) is 86.8 cm³/mol. The average molecular weight is 403 g/mol. The third-order valence-electron chi connectivity index (χ3n) is 3.01. The molecular weight excluding hydrogens is 387 g/mol. The molecule has 2 nitrogen and oxygen atoms in total. The van der Waals surface area contributed by atoms with Crippen LogP contribution in [0.3, 0.4) is 0 Å². The number of benzene rings is 1. The summed E-state index contributed by atoms with van der Waals surface area (Å²) in [6.07, 6.45) is -5.31. The fourth-order valence-electron chi connectivity index (χ4n) is 1.50. The van der Waals surface area contributed by atoms with Crippen molar-refractivity contribution in [1.82, 2.24) is 0 Å². The van der Waals surface area contributed by atoms with Crippen molar-refractivity contribution in [3.05, 3.63) is 42.0 Å². The Balaban J connectivity index is 3.48. The van der Waals surface area contributed by atoms with Gasteiger partial charge in [0.15, 0.2) is 0 Å². The van der Waals surface area contributed by atoms with Crippen LogP contribution in [0.4, 0.5) is 30.7 Å². The second kappa shape index (κ2) is 7.50. The fraction of sp³-hybridized carbons (Fsp3) is 0.438. The van der Waals surface area contributed by atoms with Crippen molar-refractivity contribution in [2.45, 2.75) is 43.5 Å². The molecule has 1 aromatic rings. The van der Waals surface area contributed by atoms with Crippen LogP contribution >= 0.6 is 0 Å². The van der Waals surface area contributed by atoms with Crippen LogP contribution in [-0.2, 0) is 11.0 Å². The molecule has 10 heteroatoms. The molecule has 1 aromatic carbocycles. The molecule has 0 aliphatic rings. The lowest BCUT2D eigenvalue weighted by molar-refractivity contribution is -0.336. The molecule has 0 radical (unpaired) electrons. The predicted octanol–water partition coefficient (Wildman–Crippen LogP) is 5.44. The van der Waals surface area contributed by atoms with E-state index in [0.29, 0.717) is 6.08 Å². The highest BCUT2D eigenvalue weighted by Crippen LogP contribution is 2.47. The molecule has 0 amide bonds. The summed E-state index contributed by atoms with van der Waals surface area (Å²) >= 11 is 0. The van der Waals surface area contributed by atoms with Gasteiger partial charge in [0.25, 0.3) is 0 Å². The Labute approximate surface area is 148 Å². The molecule has 1 unspecified atom stereocenters. The molecule has 1 atom stereocenters. The summed E-state index contributed by atoms with van der Waals surface area (Å²) < 4.78 is 106. The van der Waals surface area contributed by atoms with Crippen molar-refractivity contribution in [3.63, 3.8) is 0 Å². The third-order valence-corrected chi connectivity index (χ3v) is 4.42. The summed E-state index contributed by atoms with van der Waals surface area (Å²) in [6.45, 7) is 3.93. The lowest BCUT2D eigenvalue weighted by Crippen LogP contribution is -2.56. The van der Waals surface area contributed by atoms with Crippen molar-refractivity contribution < 1.29 is 34.9 Å². The summed E-state index contributed by atoms with van der Waals surface area (Å²) in [5.41, 5.74) is -1.66. The first-order chi connectivity index (χ1) is 11.6. The SMILES string of the molecule is CC(C)(C)S(=O)/N=C(\C=C\c1ccccc1)C(F)(F)C(F)(F)C(F)(F)F. The zero-order chi connectivity index (χ0) is 20.4.